The standard InChI is InChI=1S/C16H8ClNO2/c17-11-6-4-8-2-1-3-9-10-5-7-12(16(19)20)18-15(10)14(11)13(8)9/h1-7H,(H,19,20). The van der Waals surface area contributed by atoms with E-state index < -0.39 is 5.97 Å². The van der Waals surface area contributed by atoms with Crippen LogP contribution in [-0.4, -0.2) is 16.1 Å². The van der Waals surface area contributed by atoms with Crippen molar-refractivity contribution in [3.63, 3.8) is 0 Å². The molecule has 0 amide bonds. The van der Waals surface area contributed by atoms with E-state index in [1.165, 1.54) is 6.07 Å². The predicted octanol–water partition coefficient (Wildman–Crippen LogP) is 4.23. The maximum absolute atomic E-state index is 11.1. The molecule has 3 nitrogen and oxygen atoms in total. The zero-order valence-electron chi connectivity index (χ0n) is 10.2. The minimum atomic E-state index is -1.04. The molecule has 0 saturated carbocycles. The SMILES string of the molecule is O=C(O)c1ccc2c(n1)-c1c(Cl)ccc3cccc-2c13. The highest BCUT2D eigenvalue weighted by atomic mass is 35.5. The highest BCUT2D eigenvalue weighted by Crippen LogP contribution is 2.48. The van der Waals surface area contributed by atoms with Crippen molar-refractivity contribution in [2.24, 2.45) is 0 Å². The number of hydrogen-bond donors (Lipinski definition) is 1. The highest BCUT2D eigenvalue weighted by molar-refractivity contribution is 6.36. The number of fused-ring (bicyclic) bond motifs is 3. The molecule has 20 heavy (non-hydrogen) atoms. The number of benzene rings is 2. The summed E-state index contributed by atoms with van der Waals surface area (Å²) < 4.78 is 0. The number of halogens is 1. The lowest BCUT2D eigenvalue weighted by atomic mass is 10.0. The van der Waals surface area contributed by atoms with Gasteiger partial charge in [-0.15, -0.1) is 0 Å². The van der Waals surface area contributed by atoms with Crippen molar-refractivity contribution >= 4 is 28.3 Å². The molecule has 96 valence electrons. The molecule has 0 fully saturated rings. The van der Waals surface area contributed by atoms with Gasteiger partial charge >= 0.3 is 5.97 Å². The molecule has 1 N–H and O–H groups in total. The van der Waals surface area contributed by atoms with Crippen LogP contribution in [0, 0.1) is 0 Å². The van der Waals surface area contributed by atoms with Crippen molar-refractivity contribution in [2.75, 3.05) is 0 Å². The molecule has 1 aliphatic rings. The third kappa shape index (κ3) is 1.35. The molecule has 0 radical (unpaired) electrons. The lowest BCUT2D eigenvalue weighted by Gasteiger charge is -2.04. The second kappa shape index (κ2) is 3.81. The Hall–Kier alpha value is -2.39. The molecule has 0 unspecified atom stereocenters. The Bertz CT molecular complexity index is 902. The van der Waals surface area contributed by atoms with Gasteiger partial charge in [-0.05, 0) is 29.1 Å². The normalized spacial score (nSPS) is 11.7. The number of pyridine rings is 1. The number of carbonyl (C=O) groups is 1. The van der Waals surface area contributed by atoms with E-state index in [-0.39, 0.29) is 5.69 Å². The third-order valence-electron chi connectivity index (χ3n) is 3.64. The van der Waals surface area contributed by atoms with Gasteiger partial charge in [-0.1, -0.05) is 35.9 Å². The van der Waals surface area contributed by atoms with E-state index in [0.29, 0.717) is 10.7 Å². The van der Waals surface area contributed by atoms with Crippen LogP contribution in [0.5, 0.6) is 0 Å². The number of nitrogens with zero attached hydrogens (tertiary/aromatic N) is 1. The first-order valence-electron chi connectivity index (χ1n) is 6.13. The summed E-state index contributed by atoms with van der Waals surface area (Å²) in [6.07, 6.45) is 0. The minimum absolute atomic E-state index is 0.0321. The molecule has 3 aromatic rings. The van der Waals surface area contributed by atoms with Crippen molar-refractivity contribution in [2.45, 2.75) is 0 Å². The number of carboxylic acids is 1. The molecule has 4 heteroatoms. The van der Waals surface area contributed by atoms with Gasteiger partial charge in [0.1, 0.15) is 5.69 Å². The highest BCUT2D eigenvalue weighted by Gasteiger charge is 2.25. The van der Waals surface area contributed by atoms with Gasteiger partial charge in [0.05, 0.1) is 10.7 Å². The van der Waals surface area contributed by atoms with Crippen LogP contribution in [-0.2, 0) is 0 Å². The van der Waals surface area contributed by atoms with Gasteiger partial charge in [-0.25, -0.2) is 9.78 Å². The van der Waals surface area contributed by atoms with Crippen LogP contribution in [0.25, 0.3) is 33.2 Å². The van der Waals surface area contributed by atoms with Crippen LogP contribution in [0.3, 0.4) is 0 Å². The summed E-state index contributed by atoms with van der Waals surface area (Å²) in [7, 11) is 0. The van der Waals surface area contributed by atoms with E-state index in [9.17, 15) is 4.79 Å². The van der Waals surface area contributed by atoms with E-state index in [1.54, 1.807) is 6.07 Å². The van der Waals surface area contributed by atoms with Crippen molar-refractivity contribution < 1.29 is 9.90 Å². The molecular formula is C16H8ClNO2. The first kappa shape index (κ1) is 11.4. The summed E-state index contributed by atoms with van der Waals surface area (Å²) in [5.74, 6) is -1.04. The zero-order valence-corrected chi connectivity index (χ0v) is 11.0. The van der Waals surface area contributed by atoms with Crippen molar-refractivity contribution in [3.8, 4) is 22.4 Å². The number of aromatic nitrogens is 1. The topological polar surface area (TPSA) is 50.2 Å². The van der Waals surface area contributed by atoms with Gasteiger partial charge in [0, 0.05) is 16.5 Å². The lowest BCUT2D eigenvalue weighted by molar-refractivity contribution is 0.0690. The zero-order chi connectivity index (χ0) is 13.9. The van der Waals surface area contributed by atoms with Gasteiger partial charge in [-0.2, -0.15) is 0 Å². The van der Waals surface area contributed by atoms with Gasteiger partial charge in [0.25, 0.3) is 0 Å². The van der Waals surface area contributed by atoms with Crippen molar-refractivity contribution in [3.05, 3.63) is 53.2 Å². The third-order valence-corrected chi connectivity index (χ3v) is 3.95. The molecule has 0 saturated heterocycles. The molecule has 0 bridgehead atoms. The Kier molecular flexibility index (Phi) is 2.18. The van der Waals surface area contributed by atoms with Crippen LogP contribution in [0.15, 0.2) is 42.5 Å². The van der Waals surface area contributed by atoms with Crippen LogP contribution < -0.4 is 0 Å². The summed E-state index contributed by atoms with van der Waals surface area (Å²) in [5.41, 5.74) is 3.51. The number of aromatic carboxylic acids is 1. The van der Waals surface area contributed by atoms with Crippen molar-refractivity contribution in [1.29, 1.82) is 0 Å². The molecule has 0 aliphatic heterocycles. The fourth-order valence-electron chi connectivity index (χ4n) is 2.80. The number of hydrogen-bond acceptors (Lipinski definition) is 2. The van der Waals surface area contributed by atoms with Crippen LogP contribution in [0.2, 0.25) is 5.02 Å². The first-order valence-corrected chi connectivity index (χ1v) is 6.51. The molecule has 1 heterocycles. The van der Waals surface area contributed by atoms with Crippen LogP contribution >= 0.6 is 11.6 Å². The van der Waals surface area contributed by atoms with Gasteiger partial charge in [0.2, 0.25) is 0 Å². The average molecular weight is 282 g/mol. The van der Waals surface area contributed by atoms with E-state index in [0.717, 1.165) is 27.5 Å². The first-order chi connectivity index (χ1) is 9.66. The van der Waals surface area contributed by atoms with Crippen LogP contribution in [0.4, 0.5) is 0 Å². The Balaban J connectivity index is 2.18. The van der Waals surface area contributed by atoms with Gasteiger partial charge in [0.15, 0.2) is 0 Å². The Labute approximate surface area is 119 Å². The summed E-state index contributed by atoms with van der Waals surface area (Å²) >= 11 is 6.31. The fourth-order valence-corrected chi connectivity index (χ4v) is 3.04. The smallest absolute Gasteiger partial charge is 0.354 e. The quantitative estimate of drug-likeness (QED) is 0.568. The maximum Gasteiger partial charge on any atom is 0.354 e. The molecule has 4 rings (SSSR count). The summed E-state index contributed by atoms with van der Waals surface area (Å²) in [6.45, 7) is 0. The number of carboxylic acid groups (broad SMARTS) is 1. The Morgan fingerprint density at radius 1 is 1.05 bits per heavy atom. The van der Waals surface area contributed by atoms with Crippen LogP contribution in [0.1, 0.15) is 10.5 Å². The molecule has 0 spiro atoms. The van der Waals surface area contributed by atoms with Crippen molar-refractivity contribution in [1.82, 2.24) is 4.98 Å². The second-order valence-corrected chi connectivity index (χ2v) is 5.13. The molecular weight excluding hydrogens is 274 g/mol. The lowest BCUT2D eigenvalue weighted by Crippen LogP contribution is -2.00. The fraction of sp³-hybridized carbons (Fsp3) is 0. The minimum Gasteiger partial charge on any atom is -0.477 e. The summed E-state index contributed by atoms with van der Waals surface area (Å²) in [4.78, 5) is 15.4. The van der Waals surface area contributed by atoms with Gasteiger partial charge < -0.3 is 5.11 Å². The largest absolute Gasteiger partial charge is 0.477 e. The van der Waals surface area contributed by atoms with Gasteiger partial charge in [-0.3, -0.25) is 0 Å². The summed E-state index contributed by atoms with van der Waals surface area (Å²) in [5, 5.41) is 11.8. The second-order valence-electron chi connectivity index (χ2n) is 4.72. The average Bonchev–Trinajstić information content (AvgIpc) is 2.79. The van der Waals surface area contributed by atoms with E-state index in [2.05, 4.69) is 4.98 Å². The molecule has 0 atom stereocenters. The molecule has 1 aliphatic carbocycles. The molecule has 1 aromatic heterocycles. The Morgan fingerprint density at radius 3 is 2.70 bits per heavy atom. The number of rotatable bonds is 1. The van der Waals surface area contributed by atoms with E-state index in [4.69, 9.17) is 16.7 Å². The molecule has 2 aromatic carbocycles. The van der Waals surface area contributed by atoms with E-state index >= 15 is 0 Å². The summed E-state index contributed by atoms with van der Waals surface area (Å²) in [6, 6.07) is 13.1. The predicted molar refractivity (Wildman–Crippen MR) is 78.1 cm³/mol. The maximum atomic E-state index is 11.1. The monoisotopic (exact) mass is 281 g/mol. The Morgan fingerprint density at radius 2 is 1.90 bits per heavy atom. The van der Waals surface area contributed by atoms with E-state index in [1.807, 2.05) is 30.3 Å².